The average Bonchev–Trinajstić information content (AvgIpc) is 2.66. The molecule has 1 unspecified atom stereocenters. The second-order valence-electron chi connectivity index (χ2n) is 4.13. The number of nitrogens with one attached hydrogen (secondary N) is 1. The van der Waals surface area contributed by atoms with E-state index in [-0.39, 0.29) is 6.04 Å². The first kappa shape index (κ1) is 13.9. The molecule has 4 heteroatoms. The molecule has 0 amide bonds. The smallest absolute Gasteiger partial charge is 0.0995 e. The number of halogens is 2. The van der Waals surface area contributed by atoms with E-state index >= 15 is 0 Å². The summed E-state index contributed by atoms with van der Waals surface area (Å²) in [5.74, 6) is 0. The summed E-state index contributed by atoms with van der Waals surface area (Å²) in [5, 5.41) is 3.47. The molecule has 18 heavy (non-hydrogen) atoms. The maximum atomic E-state index is 6.27. The fraction of sp³-hybridized carbons (Fsp3) is 0.286. The summed E-state index contributed by atoms with van der Waals surface area (Å²) in [5.41, 5.74) is 3.56. The molecule has 0 aliphatic rings. The van der Waals surface area contributed by atoms with Gasteiger partial charge in [0.2, 0.25) is 0 Å². The Labute approximate surface area is 122 Å². The van der Waals surface area contributed by atoms with Gasteiger partial charge in [-0.3, -0.25) is 0 Å². The highest BCUT2D eigenvalue weighted by Gasteiger charge is 2.19. The summed E-state index contributed by atoms with van der Waals surface area (Å²) in [6, 6.07) is 10.4. The van der Waals surface area contributed by atoms with Crippen LogP contribution in [0.2, 0.25) is 8.67 Å². The predicted molar refractivity (Wildman–Crippen MR) is 81.0 cm³/mol. The van der Waals surface area contributed by atoms with E-state index < -0.39 is 0 Å². The lowest BCUT2D eigenvalue weighted by Crippen LogP contribution is -2.22. The molecule has 0 saturated carbocycles. The molecule has 0 aliphatic heterocycles. The molecule has 1 aromatic heterocycles. The van der Waals surface area contributed by atoms with Crippen molar-refractivity contribution in [3.63, 3.8) is 0 Å². The van der Waals surface area contributed by atoms with Gasteiger partial charge in [-0.1, -0.05) is 54.4 Å². The van der Waals surface area contributed by atoms with E-state index in [0.717, 1.165) is 20.8 Å². The number of hydrogen-bond acceptors (Lipinski definition) is 2. The molecule has 0 saturated heterocycles. The number of aryl methyl sites for hydroxylation is 1. The third kappa shape index (κ3) is 2.89. The van der Waals surface area contributed by atoms with Gasteiger partial charge >= 0.3 is 0 Å². The fourth-order valence-electron chi connectivity index (χ4n) is 2.05. The Morgan fingerprint density at radius 2 is 1.94 bits per heavy atom. The number of benzene rings is 1. The van der Waals surface area contributed by atoms with Crippen molar-refractivity contribution in [2.24, 2.45) is 0 Å². The average molecular weight is 300 g/mol. The molecule has 1 nitrogen and oxygen atoms in total. The Bertz CT molecular complexity index is 536. The van der Waals surface area contributed by atoms with Crippen molar-refractivity contribution >= 4 is 34.5 Å². The SMILES string of the molecule is CCNC(c1ccccc1C)c1cc(Cl)sc1Cl. The normalized spacial score (nSPS) is 12.7. The topological polar surface area (TPSA) is 12.0 Å². The van der Waals surface area contributed by atoms with Crippen LogP contribution < -0.4 is 5.32 Å². The molecule has 0 bridgehead atoms. The fourth-order valence-corrected chi connectivity index (χ4v) is 3.58. The third-order valence-corrected chi connectivity index (χ3v) is 4.42. The van der Waals surface area contributed by atoms with E-state index in [1.54, 1.807) is 0 Å². The molecule has 0 radical (unpaired) electrons. The van der Waals surface area contributed by atoms with Crippen molar-refractivity contribution in [2.45, 2.75) is 19.9 Å². The van der Waals surface area contributed by atoms with Gasteiger partial charge in [0.25, 0.3) is 0 Å². The van der Waals surface area contributed by atoms with Gasteiger partial charge < -0.3 is 5.32 Å². The minimum Gasteiger partial charge on any atom is -0.306 e. The Morgan fingerprint density at radius 1 is 1.22 bits per heavy atom. The van der Waals surface area contributed by atoms with E-state index in [2.05, 4.69) is 37.4 Å². The molecular formula is C14H15Cl2NS. The number of thiophene rings is 1. The summed E-state index contributed by atoms with van der Waals surface area (Å²) in [6.45, 7) is 5.08. The summed E-state index contributed by atoms with van der Waals surface area (Å²) in [6.07, 6.45) is 0. The Hall–Kier alpha value is -0.540. The van der Waals surface area contributed by atoms with Crippen LogP contribution in [0.25, 0.3) is 0 Å². The van der Waals surface area contributed by atoms with Crippen LogP contribution in [0.1, 0.15) is 29.7 Å². The van der Waals surface area contributed by atoms with Crippen LogP contribution in [-0.2, 0) is 0 Å². The highest BCUT2D eigenvalue weighted by molar-refractivity contribution is 7.20. The van der Waals surface area contributed by atoms with Crippen molar-refractivity contribution < 1.29 is 0 Å². The molecule has 0 spiro atoms. The quantitative estimate of drug-likeness (QED) is 0.832. The van der Waals surface area contributed by atoms with Crippen molar-refractivity contribution in [1.82, 2.24) is 5.32 Å². The first-order chi connectivity index (χ1) is 8.63. The molecule has 0 aliphatic carbocycles. The van der Waals surface area contributed by atoms with Crippen LogP contribution in [0, 0.1) is 6.92 Å². The molecule has 1 N–H and O–H groups in total. The molecule has 0 fully saturated rings. The van der Waals surface area contributed by atoms with E-state index in [9.17, 15) is 0 Å². The predicted octanol–water partition coefficient (Wildman–Crippen LogP) is 5.06. The second kappa shape index (κ2) is 6.07. The first-order valence-electron chi connectivity index (χ1n) is 5.87. The zero-order valence-electron chi connectivity index (χ0n) is 10.3. The lowest BCUT2D eigenvalue weighted by molar-refractivity contribution is 0.629. The molecule has 1 aromatic carbocycles. The highest BCUT2D eigenvalue weighted by Crippen LogP contribution is 2.38. The molecule has 1 atom stereocenters. The monoisotopic (exact) mass is 299 g/mol. The van der Waals surface area contributed by atoms with Crippen LogP contribution in [0.5, 0.6) is 0 Å². The lowest BCUT2D eigenvalue weighted by atomic mass is 9.97. The summed E-state index contributed by atoms with van der Waals surface area (Å²) < 4.78 is 1.49. The second-order valence-corrected chi connectivity index (χ2v) is 6.41. The first-order valence-corrected chi connectivity index (χ1v) is 7.44. The Balaban J connectivity index is 2.46. The van der Waals surface area contributed by atoms with Crippen LogP contribution in [0.4, 0.5) is 0 Å². The van der Waals surface area contributed by atoms with Crippen LogP contribution in [-0.4, -0.2) is 6.54 Å². The highest BCUT2D eigenvalue weighted by atomic mass is 35.5. The number of hydrogen-bond donors (Lipinski definition) is 1. The van der Waals surface area contributed by atoms with Crippen molar-refractivity contribution in [2.75, 3.05) is 6.54 Å². The van der Waals surface area contributed by atoms with Gasteiger partial charge in [0.05, 0.1) is 14.7 Å². The van der Waals surface area contributed by atoms with Crippen LogP contribution >= 0.6 is 34.5 Å². The lowest BCUT2D eigenvalue weighted by Gasteiger charge is -2.20. The van der Waals surface area contributed by atoms with Gasteiger partial charge in [-0.2, -0.15) is 0 Å². The Kier molecular flexibility index (Phi) is 4.68. The van der Waals surface area contributed by atoms with E-state index in [0.29, 0.717) is 0 Å². The summed E-state index contributed by atoms with van der Waals surface area (Å²) in [7, 11) is 0. The van der Waals surface area contributed by atoms with Gasteiger partial charge in [-0.05, 0) is 30.7 Å². The van der Waals surface area contributed by atoms with E-state index in [1.165, 1.54) is 22.5 Å². The van der Waals surface area contributed by atoms with Gasteiger partial charge in [0, 0.05) is 5.56 Å². The largest absolute Gasteiger partial charge is 0.306 e. The minimum absolute atomic E-state index is 0.104. The molecular weight excluding hydrogens is 285 g/mol. The molecule has 2 rings (SSSR count). The van der Waals surface area contributed by atoms with Crippen molar-refractivity contribution in [1.29, 1.82) is 0 Å². The third-order valence-electron chi connectivity index (χ3n) is 2.90. The van der Waals surface area contributed by atoms with E-state index in [4.69, 9.17) is 23.2 Å². The van der Waals surface area contributed by atoms with Gasteiger partial charge in [0.1, 0.15) is 0 Å². The van der Waals surface area contributed by atoms with Crippen LogP contribution in [0.15, 0.2) is 30.3 Å². The molecule has 1 heterocycles. The van der Waals surface area contributed by atoms with Crippen molar-refractivity contribution in [3.05, 3.63) is 55.7 Å². The maximum absolute atomic E-state index is 6.27. The maximum Gasteiger partial charge on any atom is 0.0995 e. The summed E-state index contributed by atoms with van der Waals surface area (Å²) >= 11 is 13.7. The zero-order chi connectivity index (χ0) is 13.1. The number of rotatable bonds is 4. The van der Waals surface area contributed by atoms with Crippen LogP contribution in [0.3, 0.4) is 0 Å². The molecule has 2 aromatic rings. The standard InChI is InChI=1S/C14H15Cl2NS/c1-3-17-13(10-7-5-4-6-9(10)2)11-8-12(15)18-14(11)16/h4-8,13,17H,3H2,1-2H3. The van der Waals surface area contributed by atoms with Crippen molar-refractivity contribution in [3.8, 4) is 0 Å². The van der Waals surface area contributed by atoms with Gasteiger partial charge in [0.15, 0.2) is 0 Å². The zero-order valence-corrected chi connectivity index (χ0v) is 12.7. The Morgan fingerprint density at radius 3 is 2.50 bits per heavy atom. The minimum atomic E-state index is 0.104. The van der Waals surface area contributed by atoms with Gasteiger partial charge in [-0.15, -0.1) is 11.3 Å². The molecule has 96 valence electrons. The van der Waals surface area contributed by atoms with Gasteiger partial charge in [-0.25, -0.2) is 0 Å². The van der Waals surface area contributed by atoms with E-state index in [1.807, 2.05) is 12.1 Å². The summed E-state index contributed by atoms with van der Waals surface area (Å²) in [4.78, 5) is 0.